The van der Waals surface area contributed by atoms with Crippen LogP contribution in [0.2, 0.25) is 0 Å². The number of hydrogen-bond acceptors (Lipinski definition) is 4. The van der Waals surface area contributed by atoms with Crippen LogP contribution in [0.1, 0.15) is 18.9 Å². The Balaban J connectivity index is 2.67. The second-order valence-electron chi connectivity index (χ2n) is 4.78. The average molecular weight is 343 g/mol. The number of carboxylic acids is 1. The first kappa shape index (κ1) is 19.4. The number of hydrogen-bond donors (Lipinski definition) is 2. The van der Waals surface area contributed by atoms with Crippen LogP contribution in [-0.2, 0) is 9.59 Å². The molecule has 8 heteroatoms. The van der Waals surface area contributed by atoms with Gasteiger partial charge in [-0.2, -0.15) is 0 Å². The quantitative estimate of drug-likeness (QED) is 0.719. The van der Waals surface area contributed by atoms with Crippen molar-refractivity contribution in [2.24, 2.45) is 0 Å². The normalized spacial score (nSPS) is 12.2. The van der Waals surface area contributed by atoms with Gasteiger partial charge in [0.2, 0.25) is 6.43 Å². The molecule has 0 radical (unpaired) electrons. The standard InChI is InChI=1S/C16H19F2NO5/c1-3-4-10-5-6-12(13(7-10)23-2)24-9-15(20)19-11(16(21)22)8-14(17)18/h3-7,11,14H,8-9H2,1-2H3,(H,19,20)(H,21,22)/b4-3+. The van der Waals surface area contributed by atoms with Gasteiger partial charge in [-0.1, -0.05) is 18.2 Å². The average Bonchev–Trinajstić information content (AvgIpc) is 2.52. The molecule has 0 fully saturated rings. The van der Waals surface area contributed by atoms with Crippen molar-refractivity contribution in [2.45, 2.75) is 25.8 Å². The molecule has 0 aromatic heterocycles. The van der Waals surface area contributed by atoms with Crippen LogP contribution in [0.5, 0.6) is 11.5 Å². The lowest BCUT2D eigenvalue weighted by Crippen LogP contribution is -2.44. The lowest BCUT2D eigenvalue weighted by molar-refractivity contribution is -0.143. The summed E-state index contributed by atoms with van der Waals surface area (Å²) in [4.78, 5) is 22.5. The smallest absolute Gasteiger partial charge is 0.326 e. The molecule has 1 unspecified atom stereocenters. The second-order valence-corrected chi connectivity index (χ2v) is 4.78. The van der Waals surface area contributed by atoms with Crippen LogP contribution >= 0.6 is 0 Å². The highest BCUT2D eigenvalue weighted by atomic mass is 19.3. The Morgan fingerprint density at radius 2 is 2.04 bits per heavy atom. The Hall–Kier alpha value is -2.64. The Bertz CT molecular complexity index is 604. The van der Waals surface area contributed by atoms with Crippen molar-refractivity contribution >= 4 is 18.0 Å². The number of carbonyl (C=O) groups is 2. The molecule has 2 N–H and O–H groups in total. The van der Waals surface area contributed by atoms with E-state index >= 15 is 0 Å². The zero-order valence-electron chi connectivity index (χ0n) is 13.3. The number of methoxy groups -OCH3 is 1. The molecule has 24 heavy (non-hydrogen) atoms. The lowest BCUT2D eigenvalue weighted by atomic mass is 10.2. The van der Waals surface area contributed by atoms with Gasteiger partial charge in [-0.05, 0) is 24.6 Å². The molecule has 1 aromatic rings. The Kier molecular flexibility index (Phi) is 7.67. The second kappa shape index (κ2) is 9.49. The number of alkyl halides is 2. The maximum absolute atomic E-state index is 12.3. The van der Waals surface area contributed by atoms with Crippen molar-refractivity contribution in [3.63, 3.8) is 0 Å². The molecule has 0 saturated heterocycles. The number of carbonyl (C=O) groups excluding carboxylic acids is 1. The monoisotopic (exact) mass is 343 g/mol. The Morgan fingerprint density at radius 3 is 2.58 bits per heavy atom. The van der Waals surface area contributed by atoms with E-state index in [2.05, 4.69) is 0 Å². The molecule has 0 aliphatic rings. The molecule has 0 bridgehead atoms. The maximum Gasteiger partial charge on any atom is 0.326 e. The lowest BCUT2D eigenvalue weighted by Gasteiger charge is -2.15. The molecule has 0 saturated carbocycles. The van der Waals surface area contributed by atoms with Gasteiger partial charge in [0.25, 0.3) is 5.91 Å². The zero-order valence-corrected chi connectivity index (χ0v) is 13.3. The third kappa shape index (κ3) is 6.23. The van der Waals surface area contributed by atoms with E-state index in [4.69, 9.17) is 14.6 Å². The molecule has 0 heterocycles. The molecular formula is C16H19F2NO5. The van der Waals surface area contributed by atoms with E-state index < -0.39 is 37.4 Å². The fourth-order valence-corrected chi connectivity index (χ4v) is 1.88. The minimum atomic E-state index is -2.84. The third-order valence-corrected chi connectivity index (χ3v) is 2.95. The number of aliphatic carboxylic acids is 1. The van der Waals surface area contributed by atoms with Gasteiger partial charge >= 0.3 is 5.97 Å². The fraction of sp³-hybridized carbons (Fsp3) is 0.375. The molecular weight excluding hydrogens is 324 g/mol. The van der Waals surface area contributed by atoms with Crippen molar-refractivity contribution < 1.29 is 33.0 Å². The largest absolute Gasteiger partial charge is 0.493 e. The zero-order chi connectivity index (χ0) is 18.1. The summed E-state index contributed by atoms with van der Waals surface area (Å²) >= 11 is 0. The topological polar surface area (TPSA) is 84.9 Å². The first-order valence-corrected chi connectivity index (χ1v) is 7.11. The van der Waals surface area contributed by atoms with Gasteiger partial charge in [0, 0.05) is 6.42 Å². The minimum absolute atomic E-state index is 0.279. The maximum atomic E-state index is 12.3. The van der Waals surface area contributed by atoms with Gasteiger partial charge in [-0.3, -0.25) is 4.79 Å². The first-order chi connectivity index (χ1) is 11.4. The first-order valence-electron chi connectivity index (χ1n) is 7.11. The summed E-state index contributed by atoms with van der Waals surface area (Å²) in [6, 6.07) is 3.37. The minimum Gasteiger partial charge on any atom is -0.493 e. The molecule has 1 aromatic carbocycles. The number of carboxylic acid groups (broad SMARTS) is 1. The predicted octanol–water partition coefficient (Wildman–Crippen LogP) is 2.33. The van der Waals surface area contributed by atoms with Gasteiger partial charge in [0.1, 0.15) is 6.04 Å². The summed E-state index contributed by atoms with van der Waals surface area (Å²) in [6.45, 7) is 1.34. The number of halogens is 2. The van der Waals surface area contributed by atoms with E-state index in [1.165, 1.54) is 7.11 Å². The number of nitrogens with one attached hydrogen (secondary N) is 1. The molecule has 132 valence electrons. The van der Waals surface area contributed by atoms with E-state index in [1.54, 1.807) is 18.2 Å². The predicted molar refractivity (Wildman–Crippen MR) is 83.4 cm³/mol. The van der Waals surface area contributed by atoms with E-state index in [-0.39, 0.29) is 5.75 Å². The van der Waals surface area contributed by atoms with E-state index in [0.29, 0.717) is 5.75 Å². The van der Waals surface area contributed by atoms with Gasteiger partial charge in [-0.25, -0.2) is 13.6 Å². The number of allylic oxidation sites excluding steroid dienone is 1. The summed E-state index contributed by atoms with van der Waals surface area (Å²) in [7, 11) is 1.44. The van der Waals surface area contributed by atoms with Gasteiger partial charge in [0.05, 0.1) is 7.11 Å². The summed E-state index contributed by atoms with van der Waals surface area (Å²) in [5, 5.41) is 10.8. The fourth-order valence-electron chi connectivity index (χ4n) is 1.88. The van der Waals surface area contributed by atoms with Crippen molar-refractivity contribution in [1.82, 2.24) is 5.32 Å². The van der Waals surface area contributed by atoms with E-state index in [9.17, 15) is 18.4 Å². The van der Waals surface area contributed by atoms with E-state index in [1.807, 2.05) is 24.4 Å². The highest BCUT2D eigenvalue weighted by Gasteiger charge is 2.24. The molecule has 0 aliphatic heterocycles. The molecule has 1 atom stereocenters. The molecule has 6 nitrogen and oxygen atoms in total. The number of amides is 1. The van der Waals surface area contributed by atoms with Gasteiger partial charge in [0.15, 0.2) is 18.1 Å². The van der Waals surface area contributed by atoms with Crippen LogP contribution in [0.3, 0.4) is 0 Å². The van der Waals surface area contributed by atoms with Crippen molar-refractivity contribution in [3.8, 4) is 11.5 Å². The van der Waals surface area contributed by atoms with Crippen LogP contribution in [0.4, 0.5) is 8.78 Å². The number of rotatable bonds is 9. The van der Waals surface area contributed by atoms with Crippen LogP contribution in [-0.4, -0.2) is 43.2 Å². The van der Waals surface area contributed by atoms with Crippen LogP contribution in [0.15, 0.2) is 24.3 Å². The number of benzene rings is 1. The Labute approximate surface area is 138 Å². The summed E-state index contributed by atoms with van der Waals surface area (Å²) in [5.74, 6) is -1.68. The van der Waals surface area contributed by atoms with E-state index in [0.717, 1.165) is 5.56 Å². The summed E-state index contributed by atoms with van der Waals surface area (Å²) in [6.07, 6.45) is -0.118. The SMILES string of the molecule is C/C=C/c1ccc(OCC(=O)NC(CC(F)F)C(=O)O)c(OC)c1. The highest BCUT2D eigenvalue weighted by Crippen LogP contribution is 2.28. The summed E-state index contributed by atoms with van der Waals surface area (Å²) < 4.78 is 35.0. The van der Waals surface area contributed by atoms with Gasteiger partial charge < -0.3 is 19.9 Å². The third-order valence-electron chi connectivity index (χ3n) is 2.95. The molecule has 0 aliphatic carbocycles. The van der Waals surface area contributed by atoms with Crippen molar-refractivity contribution in [2.75, 3.05) is 13.7 Å². The van der Waals surface area contributed by atoms with Crippen molar-refractivity contribution in [3.05, 3.63) is 29.8 Å². The van der Waals surface area contributed by atoms with Crippen LogP contribution in [0, 0.1) is 0 Å². The van der Waals surface area contributed by atoms with Crippen LogP contribution in [0.25, 0.3) is 6.08 Å². The molecule has 1 rings (SSSR count). The van der Waals surface area contributed by atoms with Crippen molar-refractivity contribution in [1.29, 1.82) is 0 Å². The van der Waals surface area contributed by atoms with Crippen LogP contribution < -0.4 is 14.8 Å². The molecule has 0 spiro atoms. The van der Waals surface area contributed by atoms with Gasteiger partial charge in [-0.15, -0.1) is 0 Å². The molecule has 1 amide bonds. The number of ether oxygens (including phenoxy) is 2. The highest BCUT2D eigenvalue weighted by molar-refractivity contribution is 5.84. The summed E-state index contributed by atoms with van der Waals surface area (Å²) in [5.41, 5.74) is 0.869. The Morgan fingerprint density at radius 1 is 1.33 bits per heavy atom.